The van der Waals surface area contributed by atoms with E-state index in [9.17, 15) is 22.8 Å². The standard InChI is InChI=1S/C25H28N2O7S/c1-16(26-24(30)34-15-18-12-8-5-9-13-18)19-21(28)27-20(25(2,3)35(31,32)22(19)27)23(29)33-14-17-10-6-4-7-11-17/h4-13,16,19-20,22H,14-15H2,1-3H3,(H,26,30)/t16?,19-,20-,22+/m0/s1. The first kappa shape index (κ1) is 24.7. The Morgan fingerprint density at radius 2 is 1.49 bits per heavy atom. The lowest BCUT2D eigenvalue weighted by molar-refractivity contribution is -0.168. The van der Waals surface area contributed by atoms with E-state index in [1.54, 1.807) is 43.3 Å². The first-order valence-corrected chi connectivity index (χ1v) is 12.8. The fourth-order valence-corrected chi connectivity index (χ4v) is 7.04. The molecule has 4 atom stereocenters. The number of benzene rings is 2. The van der Waals surface area contributed by atoms with E-state index in [2.05, 4.69) is 5.32 Å². The van der Waals surface area contributed by atoms with Gasteiger partial charge in [-0.15, -0.1) is 0 Å². The van der Waals surface area contributed by atoms with Crippen molar-refractivity contribution in [3.8, 4) is 0 Å². The molecule has 0 aromatic heterocycles. The minimum absolute atomic E-state index is 0.0341. The monoisotopic (exact) mass is 500 g/mol. The van der Waals surface area contributed by atoms with E-state index in [0.29, 0.717) is 0 Å². The van der Waals surface area contributed by atoms with Gasteiger partial charge in [-0.1, -0.05) is 60.7 Å². The average molecular weight is 501 g/mol. The molecule has 2 aliphatic heterocycles. The Kier molecular flexibility index (Phi) is 6.59. The topological polar surface area (TPSA) is 119 Å². The molecule has 2 aliphatic rings. The molecule has 9 nitrogen and oxygen atoms in total. The molecule has 10 heteroatoms. The highest BCUT2D eigenvalue weighted by Crippen LogP contribution is 2.49. The highest BCUT2D eigenvalue weighted by Gasteiger charge is 2.73. The number of nitrogens with zero attached hydrogens (tertiary/aromatic N) is 1. The zero-order valence-corrected chi connectivity index (χ0v) is 20.5. The van der Waals surface area contributed by atoms with Crippen LogP contribution in [0, 0.1) is 5.92 Å². The Morgan fingerprint density at radius 3 is 2.03 bits per heavy atom. The van der Waals surface area contributed by atoms with Crippen LogP contribution in [0.15, 0.2) is 60.7 Å². The zero-order chi connectivity index (χ0) is 25.4. The third-order valence-electron chi connectivity index (χ3n) is 6.65. The number of esters is 1. The summed E-state index contributed by atoms with van der Waals surface area (Å²) in [6.45, 7) is 4.40. The van der Waals surface area contributed by atoms with Crippen LogP contribution in [0.4, 0.5) is 4.79 Å². The maximum Gasteiger partial charge on any atom is 0.407 e. The van der Waals surface area contributed by atoms with Crippen molar-refractivity contribution in [2.45, 2.75) is 56.2 Å². The first-order chi connectivity index (χ1) is 16.6. The molecule has 35 heavy (non-hydrogen) atoms. The van der Waals surface area contributed by atoms with Crippen molar-refractivity contribution in [1.29, 1.82) is 0 Å². The normalized spacial score (nSPS) is 24.6. The van der Waals surface area contributed by atoms with Gasteiger partial charge in [-0.3, -0.25) is 4.79 Å². The van der Waals surface area contributed by atoms with Gasteiger partial charge < -0.3 is 19.7 Å². The molecule has 1 unspecified atom stereocenters. The number of hydrogen-bond donors (Lipinski definition) is 1. The van der Waals surface area contributed by atoms with Gasteiger partial charge in [-0.05, 0) is 31.9 Å². The number of carbonyl (C=O) groups is 3. The van der Waals surface area contributed by atoms with Crippen LogP contribution >= 0.6 is 0 Å². The van der Waals surface area contributed by atoms with Gasteiger partial charge in [-0.25, -0.2) is 18.0 Å². The summed E-state index contributed by atoms with van der Waals surface area (Å²) in [6, 6.07) is 16.0. The van der Waals surface area contributed by atoms with Crippen LogP contribution in [0.5, 0.6) is 0 Å². The van der Waals surface area contributed by atoms with Crippen molar-refractivity contribution >= 4 is 27.8 Å². The summed E-state index contributed by atoms with van der Waals surface area (Å²) in [6.07, 6.45) is -0.763. The van der Waals surface area contributed by atoms with Crippen LogP contribution < -0.4 is 5.32 Å². The van der Waals surface area contributed by atoms with Crippen molar-refractivity contribution in [3.63, 3.8) is 0 Å². The number of sulfone groups is 1. The third-order valence-corrected chi connectivity index (χ3v) is 9.50. The number of amides is 2. The van der Waals surface area contributed by atoms with E-state index < -0.39 is 55.9 Å². The van der Waals surface area contributed by atoms with Crippen molar-refractivity contribution in [2.75, 3.05) is 0 Å². The van der Waals surface area contributed by atoms with Crippen molar-refractivity contribution in [3.05, 3.63) is 71.8 Å². The van der Waals surface area contributed by atoms with Gasteiger partial charge >= 0.3 is 12.1 Å². The van der Waals surface area contributed by atoms with Gasteiger partial charge in [0.25, 0.3) is 0 Å². The molecule has 0 bridgehead atoms. The number of nitrogens with one attached hydrogen (secondary N) is 1. The van der Waals surface area contributed by atoms with Gasteiger partial charge in [0.05, 0.1) is 10.7 Å². The highest BCUT2D eigenvalue weighted by molar-refractivity contribution is 7.93. The molecule has 0 aliphatic carbocycles. The Labute approximate surface area is 204 Å². The lowest BCUT2D eigenvalue weighted by atomic mass is 9.87. The summed E-state index contributed by atoms with van der Waals surface area (Å²) in [5.74, 6) is -2.34. The van der Waals surface area contributed by atoms with Crippen molar-refractivity contribution < 1.29 is 32.3 Å². The van der Waals surface area contributed by atoms with Crippen LogP contribution in [0.3, 0.4) is 0 Å². The number of hydrogen-bond acceptors (Lipinski definition) is 7. The van der Waals surface area contributed by atoms with Gasteiger partial charge in [0.15, 0.2) is 9.84 Å². The van der Waals surface area contributed by atoms with Crippen LogP contribution in [-0.4, -0.2) is 53.5 Å². The van der Waals surface area contributed by atoms with E-state index in [1.165, 1.54) is 13.8 Å². The molecule has 2 amide bonds. The van der Waals surface area contributed by atoms with Crippen LogP contribution in [-0.2, 0) is 42.1 Å². The molecule has 0 spiro atoms. The number of fused-ring (bicyclic) bond motifs is 1. The summed E-state index contributed by atoms with van der Waals surface area (Å²) in [5.41, 5.74) is 1.54. The molecule has 1 N–H and O–H groups in total. The second kappa shape index (κ2) is 9.33. The third kappa shape index (κ3) is 4.38. The molecule has 2 aromatic carbocycles. The zero-order valence-electron chi connectivity index (χ0n) is 19.7. The summed E-state index contributed by atoms with van der Waals surface area (Å²) < 4.78 is 35.8. The van der Waals surface area contributed by atoms with E-state index in [0.717, 1.165) is 16.0 Å². The lowest BCUT2D eigenvalue weighted by Gasteiger charge is -2.45. The van der Waals surface area contributed by atoms with Crippen LogP contribution in [0.25, 0.3) is 0 Å². The molecule has 2 heterocycles. The number of rotatable bonds is 7. The number of carbonyl (C=O) groups excluding carboxylic acids is 3. The fraction of sp³-hybridized carbons (Fsp3) is 0.400. The summed E-state index contributed by atoms with van der Waals surface area (Å²) in [4.78, 5) is 39.4. The minimum Gasteiger partial charge on any atom is -0.459 e. The second-order valence-corrected chi connectivity index (χ2v) is 11.9. The van der Waals surface area contributed by atoms with Crippen molar-refractivity contribution in [2.24, 2.45) is 5.92 Å². The number of β-lactam (4-membered cyclic amide) rings is 1. The molecule has 186 valence electrons. The molecule has 4 rings (SSSR count). The second-order valence-electron chi connectivity index (χ2n) is 9.30. The Morgan fingerprint density at radius 1 is 0.971 bits per heavy atom. The lowest BCUT2D eigenvalue weighted by Crippen LogP contribution is -2.68. The molecule has 0 saturated carbocycles. The van der Waals surface area contributed by atoms with Gasteiger partial charge in [0.1, 0.15) is 24.6 Å². The molecule has 0 radical (unpaired) electrons. The van der Waals surface area contributed by atoms with E-state index in [4.69, 9.17) is 9.47 Å². The highest BCUT2D eigenvalue weighted by atomic mass is 32.2. The van der Waals surface area contributed by atoms with E-state index in [-0.39, 0.29) is 13.2 Å². The average Bonchev–Trinajstić information content (AvgIpc) is 2.97. The maximum absolute atomic E-state index is 13.4. The number of ether oxygens (including phenoxy) is 2. The molecule has 2 saturated heterocycles. The number of alkyl carbamates (subject to hydrolysis) is 1. The van der Waals surface area contributed by atoms with Gasteiger partial charge in [0.2, 0.25) is 5.91 Å². The van der Waals surface area contributed by atoms with Gasteiger partial charge in [0, 0.05) is 6.04 Å². The van der Waals surface area contributed by atoms with Crippen molar-refractivity contribution in [1.82, 2.24) is 10.2 Å². The smallest absolute Gasteiger partial charge is 0.407 e. The minimum atomic E-state index is -3.95. The quantitative estimate of drug-likeness (QED) is 0.458. The predicted molar refractivity (Wildman–Crippen MR) is 126 cm³/mol. The SMILES string of the molecule is CC(NC(=O)OCc1ccccc1)[C@H]1C(=O)N2[C@@H](C(=O)OCc3ccccc3)C(C)(C)S(=O)(=O)[C@H]12. The van der Waals surface area contributed by atoms with E-state index >= 15 is 0 Å². The maximum atomic E-state index is 13.4. The summed E-state index contributed by atoms with van der Waals surface area (Å²) in [5, 5.41) is 1.33. The van der Waals surface area contributed by atoms with Gasteiger partial charge in [-0.2, -0.15) is 0 Å². The Bertz CT molecular complexity index is 1210. The Balaban J connectivity index is 1.44. The molecular weight excluding hydrogens is 472 g/mol. The molecule has 2 aromatic rings. The molecular formula is C25H28N2O7S. The largest absolute Gasteiger partial charge is 0.459 e. The Hall–Kier alpha value is -3.40. The summed E-state index contributed by atoms with van der Waals surface area (Å²) in [7, 11) is -3.95. The van der Waals surface area contributed by atoms with Crippen LogP contribution in [0.1, 0.15) is 31.9 Å². The first-order valence-electron chi connectivity index (χ1n) is 11.3. The predicted octanol–water partition coefficient (Wildman–Crippen LogP) is 2.40. The van der Waals surface area contributed by atoms with E-state index in [1.807, 2.05) is 24.3 Å². The summed E-state index contributed by atoms with van der Waals surface area (Å²) >= 11 is 0. The van der Waals surface area contributed by atoms with Crippen LogP contribution in [0.2, 0.25) is 0 Å². The molecule has 2 fully saturated rings. The fourth-order valence-electron chi connectivity index (χ4n) is 4.64.